The Kier molecular flexibility index (Phi) is 8.59. The number of halogens is 1. The molecule has 156 valence electrons. The number of ether oxygens (including phenoxy) is 1. The second-order valence-electron chi connectivity index (χ2n) is 6.21. The highest BCUT2D eigenvalue weighted by Crippen LogP contribution is 2.49. The lowest BCUT2D eigenvalue weighted by Gasteiger charge is -2.17. The molecule has 0 aromatic heterocycles. The Hall–Kier alpha value is -1.99. The Morgan fingerprint density at radius 1 is 0.966 bits per heavy atom. The van der Waals surface area contributed by atoms with Crippen LogP contribution in [0.5, 0.6) is 0 Å². The molecule has 2 aromatic rings. The minimum atomic E-state index is -3.19. The van der Waals surface area contributed by atoms with E-state index >= 15 is 0 Å². The molecule has 7 nitrogen and oxygen atoms in total. The molecule has 0 aliphatic heterocycles. The van der Waals surface area contributed by atoms with Crippen LogP contribution in [0.3, 0.4) is 0 Å². The summed E-state index contributed by atoms with van der Waals surface area (Å²) in [6.45, 7) is 0. The highest BCUT2D eigenvalue weighted by molar-refractivity contribution is 9.10. The van der Waals surface area contributed by atoms with E-state index in [1.165, 1.54) is 21.3 Å². The van der Waals surface area contributed by atoms with E-state index in [1.807, 2.05) is 24.3 Å². The third kappa shape index (κ3) is 6.78. The number of amides is 1. The molecule has 2 rings (SSSR count). The molecule has 0 saturated heterocycles. The third-order valence-electron chi connectivity index (χ3n) is 4.29. The number of esters is 1. The van der Waals surface area contributed by atoms with E-state index in [9.17, 15) is 14.2 Å². The fourth-order valence-electron chi connectivity index (χ4n) is 2.62. The van der Waals surface area contributed by atoms with Gasteiger partial charge in [0.05, 0.1) is 13.3 Å². The first kappa shape index (κ1) is 23.3. The van der Waals surface area contributed by atoms with Crippen molar-refractivity contribution in [2.45, 2.75) is 18.6 Å². The highest BCUT2D eigenvalue weighted by Gasteiger charge is 2.24. The van der Waals surface area contributed by atoms with E-state index in [0.29, 0.717) is 17.5 Å². The van der Waals surface area contributed by atoms with E-state index in [4.69, 9.17) is 13.8 Å². The maximum absolute atomic E-state index is 12.6. The van der Waals surface area contributed by atoms with Crippen molar-refractivity contribution in [1.29, 1.82) is 0 Å². The average molecular weight is 484 g/mol. The molecule has 1 atom stereocenters. The Labute approximate surface area is 178 Å². The Bertz CT molecular complexity index is 877. The molecule has 0 saturated carbocycles. The number of hydrogen-bond acceptors (Lipinski definition) is 6. The van der Waals surface area contributed by atoms with Gasteiger partial charge >= 0.3 is 13.6 Å². The SMILES string of the molecule is COC(=O)[C@H](Cc1ccc(Br)cc1)NC(=O)c1ccc(CP(=O)(OC)OC)cc1. The van der Waals surface area contributed by atoms with Crippen LogP contribution in [0.2, 0.25) is 0 Å². The fourth-order valence-corrected chi connectivity index (χ4v) is 3.95. The molecular weight excluding hydrogens is 461 g/mol. The monoisotopic (exact) mass is 483 g/mol. The van der Waals surface area contributed by atoms with Gasteiger partial charge in [-0.15, -0.1) is 0 Å². The van der Waals surface area contributed by atoms with E-state index in [1.54, 1.807) is 24.3 Å². The zero-order valence-electron chi connectivity index (χ0n) is 16.4. The van der Waals surface area contributed by atoms with Gasteiger partial charge in [-0.05, 0) is 35.4 Å². The Morgan fingerprint density at radius 3 is 2.03 bits per heavy atom. The zero-order chi connectivity index (χ0) is 21.4. The van der Waals surface area contributed by atoms with Crippen LogP contribution < -0.4 is 5.32 Å². The van der Waals surface area contributed by atoms with E-state index in [2.05, 4.69) is 21.2 Å². The number of carbonyl (C=O) groups excluding carboxylic acids is 2. The van der Waals surface area contributed by atoms with Crippen LogP contribution in [0.15, 0.2) is 53.0 Å². The van der Waals surface area contributed by atoms with Gasteiger partial charge in [-0.1, -0.05) is 40.2 Å². The molecule has 29 heavy (non-hydrogen) atoms. The molecule has 0 unspecified atom stereocenters. The molecule has 0 aliphatic carbocycles. The maximum atomic E-state index is 12.6. The van der Waals surface area contributed by atoms with Crippen LogP contribution in [0, 0.1) is 0 Å². The van der Waals surface area contributed by atoms with E-state index < -0.39 is 25.5 Å². The molecule has 9 heteroatoms. The number of benzene rings is 2. The molecule has 2 aromatic carbocycles. The van der Waals surface area contributed by atoms with E-state index in [0.717, 1.165) is 10.0 Å². The normalized spacial score (nSPS) is 12.3. The van der Waals surface area contributed by atoms with Gasteiger partial charge in [0.15, 0.2) is 0 Å². The largest absolute Gasteiger partial charge is 0.467 e. The topological polar surface area (TPSA) is 90.9 Å². The van der Waals surface area contributed by atoms with Gasteiger partial charge in [0.1, 0.15) is 6.04 Å². The quantitative estimate of drug-likeness (QED) is 0.428. The van der Waals surface area contributed by atoms with Crippen molar-refractivity contribution in [3.05, 3.63) is 69.7 Å². The summed E-state index contributed by atoms with van der Waals surface area (Å²) in [5.74, 6) is -0.940. The number of nitrogens with one attached hydrogen (secondary N) is 1. The molecule has 0 heterocycles. The van der Waals surface area contributed by atoms with Crippen LogP contribution in [-0.4, -0.2) is 39.2 Å². The molecule has 0 radical (unpaired) electrons. The van der Waals surface area contributed by atoms with Crippen LogP contribution in [0.1, 0.15) is 21.5 Å². The average Bonchev–Trinajstić information content (AvgIpc) is 2.74. The standard InChI is InChI=1S/C20H23BrNO6P/c1-26-20(24)18(12-14-6-10-17(21)11-7-14)22-19(23)16-8-4-15(5-9-16)13-29(25,27-2)28-3/h4-11,18H,12-13H2,1-3H3,(H,22,23)/t18-/m0/s1. The van der Waals surface area contributed by atoms with Gasteiger partial charge in [0.25, 0.3) is 5.91 Å². The molecule has 1 N–H and O–H groups in total. The summed E-state index contributed by atoms with van der Waals surface area (Å²) in [7, 11) is 0.738. The summed E-state index contributed by atoms with van der Waals surface area (Å²) in [6, 6.07) is 13.2. The molecular formula is C20H23BrNO6P. The van der Waals surface area contributed by atoms with E-state index in [-0.39, 0.29) is 6.16 Å². The number of carbonyl (C=O) groups is 2. The summed E-state index contributed by atoms with van der Waals surface area (Å²) in [4.78, 5) is 24.7. The van der Waals surface area contributed by atoms with Crippen molar-refractivity contribution in [2.24, 2.45) is 0 Å². The highest BCUT2D eigenvalue weighted by atomic mass is 79.9. The van der Waals surface area contributed by atoms with Crippen LogP contribution in [0.25, 0.3) is 0 Å². The van der Waals surface area contributed by atoms with Crippen molar-refractivity contribution >= 4 is 35.4 Å². The van der Waals surface area contributed by atoms with Crippen molar-refractivity contribution in [2.75, 3.05) is 21.3 Å². The third-order valence-corrected chi connectivity index (χ3v) is 6.69. The lowest BCUT2D eigenvalue weighted by molar-refractivity contribution is -0.142. The zero-order valence-corrected chi connectivity index (χ0v) is 18.9. The second kappa shape index (κ2) is 10.7. The van der Waals surface area contributed by atoms with Gasteiger partial charge < -0.3 is 19.1 Å². The number of methoxy groups -OCH3 is 1. The van der Waals surface area contributed by atoms with Crippen LogP contribution in [-0.2, 0) is 35.7 Å². The summed E-state index contributed by atoms with van der Waals surface area (Å²) in [5, 5.41) is 2.71. The number of rotatable bonds is 9. The molecule has 1 amide bonds. The van der Waals surface area contributed by atoms with Gasteiger partial charge in [-0.25, -0.2) is 4.79 Å². The number of hydrogen-bond donors (Lipinski definition) is 1. The lowest BCUT2D eigenvalue weighted by atomic mass is 10.1. The minimum absolute atomic E-state index is 0.0935. The summed E-state index contributed by atoms with van der Waals surface area (Å²) in [6.07, 6.45) is 0.394. The lowest BCUT2D eigenvalue weighted by Crippen LogP contribution is -2.43. The van der Waals surface area contributed by atoms with Gasteiger partial charge in [0, 0.05) is 30.7 Å². The summed E-state index contributed by atoms with van der Waals surface area (Å²) in [5.41, 5.74) is 1.95. The molecule has 0 aliphatic rings. The van der Waals surface area contributed by atoms with Crippen molar-refractivity contribution in [3.8, 4) is 0 Å². The van der Waals surface area contributed by atoms with Crippen molar-refractivity contribution in [3.63, 3.8) is 0 Å². The first-order valence-corrected chi connectivity index (χ1v) is 11.2. The summed E-state index contributed by atoms with van der Waals surface area (Å²) < 4.78 is 27.8. The molecule has 0 spiro atoms. The maximum Gasteiger partial charge on any atom is 0.334 e. The minimum Gasteiger partial charge on any atom is -0.467 e. The smallest absolute Gasteiger partial charge is 0.334 e. The second-order valence-corrected chi connectivity index (χ2v) is 9.39. The fraction of sp³-hybridized carbons (Fsp3) is 0.300. The Balaban J connectivity index is 2.09. The van der Waals surface area contributed by atoms with Crippen molar-refractivity contribution < 1.29 is 27.9 Å². The first-order valence-electron chi connectivity index (χ1n) is 8.73. The predicted octanol–water partition coefficient (Wildman–Crippen LogP) is 3.95. The molecule has 0 bridgehead atoms. The Morgan fingerprint density at radius 2 is 1.52 bits per heavy atom. The van der Waals surface area contributed by atoms with Gasteiger partial charge in [0.2, 0.25) is 0 Å². The van der Waals surface area contributed by atoms with Crippen LogP contribution in [0.4, 0.5) is 0 Å². The first-order chi connectivity index (χ1) is 13.8. The summed E-state index contributed by atoms with van der Waals surface area (Å²) >= 11 is 3.36. The van der Waals surface area contributed by atoms with Crippen molar-refractivity contribution in [1.82, 2.24) is 5.32 Å². The van der Waals surface area contributed by atoms with Gasteiger partial charge in [-0.3, -0.25) is 9.36 Å². The van der Waals surface area contributed by atoms with Gasteiger partial charge in [-0.2, -0.15) is 0 Å². The predicted molar refractivity (Wildman–Crippen MR) is 113 cm³/mol. The molecule has 0 fully saturated rings. The van der Waals surface area contributed by atoms with Crippen LogP contribution >= 0.6 is 23.5 Å².